The number of carbonyl (C=O) groups excluding carboxylic acids is 1. The van der Waals surface area contributed by atoms with Crippen LogP contribution in [0.25, 0.3) is 0 Å². The van der Waals surface area contributed by atoms with Crippen LogP contribution in [0.2, 0.25) is 0 Å². The number of halogens is 1. The van der Waals surface area contributed by atoms with Crippen molar-refractivity contribution in [1.29, 1.82) is 0 Å². The summed E-state index contributed by atoms with van der Waals surface area (Å²) in [5.41, 5.74) is 6.60. The highest BCUT2D eigenvalue weighted by atomic mass is 32.1. The van der Waals surface area contributed by atoms with Gasteiger partial charge >= 0.3 is 0 Å². The van der Waals surface area contributed by atoms with E-state index in [1.165, 1.54) is 23.5 Å². The monoisotopic (exact) mass is 235 g/mol. The van der Waals surface area contributed by atoms with E-state index in [1.54, 1.807) is 24.4 Å². The molecule has 4 heteroatoms. The van der Waals surface area contributed by atoms with E-state index in [4.69, 9.17) is 5.73 Å². The van der Waals surface area contributed by atoms with Crippen LogP contribution in [-0.4, -0.2) is 5.78 Å². The smallest absolute Gasteiger partial charge is 0.203 e. The van der Waals surface area contributed by atoms with E-state index < -0.39 is 5.82 Å². The second-order valence-electron chi connectivity index (χ2n) is 3.48. The highest BCUT2D eigenvalue weighted by Gasteiger charge is 2.13. The second-order valence-corrected chi connectivity index (χ2v) is 4.43. The Balaban J connectivity index is 2.46. The van der Waals surface area contributed by atoms with Crippen LogP contribution in [0.15, 0.2) is 29.6 Å². The van der Waals surface area contributed by atoms with Crippen LogP contribution in [0, 0.1) is 12.7 Å². The van der Waals surface area contributed by atoms with Crippen LogP contribution in [0.1, 0.15) is 20.8 Å². The molecule has 0 aliphatic carbocycles. The Morgan fingerprint density at radius 3 is 2.75 bits per heavy atom. The summed E-state index contributed by atoms with van der Waals surface area (Å²) in [7, 11) is 0. The minimum absolute atomic E-state index is 0.194. The molecule has 0 saturated heterocycles. The quantitative estimate of drug-likeness (QED) is 0.642. The number of hydrogen-bond donors (Lipinski definition) is 1. The van der Waals surface area contributed by atoms with E-state index in [0.717, 1.165) is 0 Å². The number of nitrogen functional groups attached to an aromatic ring is 1. The minimum Gasteiger partial charge on any atom is -0.398 e. The third-order valence-corrected chi connectivity index (χ3v) is 3.26. The maximum atomic E-state index is 13.4. The minimum atomic E-state index is -0.445. The molecule has 0 aliphatic heterocycles. The topological polar surface area (TPSA) is 43.1 Å². The van der Waals surface area contributed by atoms with Crippen LogP contribution in [-0.2, 0) is 0 Å². The molecule has 1 heterocycles. The van der Waals surface area contributed by atoms with Gasteiger partial charge in [0.05, 0.1) is 4.88 Å². The summed E-state index contributed by atoms with van der Waals surface area (Å²) >= 11 is 1.33. The number of hydrogen-bond acceptors (Lipinski definition) is 3. The molecule has 0 spiro atoms. The summed E-state index contributed by atoms with van der Waals surface area (Å²) in [4.78, 5) is 12.5. The second kappa shape index (κ2) is 4.06. The molecular weight excluding hydrogens is 225 g/mol. The van der Waals surface area contributed by atoms with Gasteiger partial charge in [0.2, 0.25) is 5.78 Å². The molecule has 0 amide bonds. The average Bonchev–Trinajstić information content (AvgIpc) is 2.77. The molecule has 2 rings (SSSR count). The molecule has 0 unspecified atom stereocenters. The summed E-state index contributed by atoms with van der Waals surface area (Å²) in [5.74, 6) is -0.638. The van der Waals surface area contributed by atoms with Crippen molar-refractivity contribution in [3.05, 3.63) is 51.5 Å². The number of thiophene rings is 1. The first-order valence-corrected chi connectivity index (χ1v) is 5.61. The molecule has 2 nitrogen and oxygen atoms in total. The zero-order valence-corrected chi connectivity index (χ0v) is 9.48. The number of ketones is 1. The van der Waals surface area contributed by atoms with Gasteiger partial charge in [-0.25, -0.2) is 4.39 Å². The SMILES string of the molecule is Cc1c(N)cc(C(=O)c2cccs2)cc1F. The number of anilines is 1. The lowest BCUT2D eigenvalue weighted by atomic mass is 10.1. The predicted molar refractivity (Wildman–Crippen MR) is 63.3 cm³/mol. The Kier molecular flexibility index (Phi) is 2.75. The van der Waals surface area contributed by atoms with Gasteiger partial charge in [0, 0.05) is 16.8 Å². The first kappa shape index (κ1) is 10.8. The van der Waals surface area contributed by atoms with Crippen LogP contribution in [0.4, 0.5) is 10.1 Å². The third kappa shape index (κ3) is 1.84. The molecule has 1 aromatic carbocycles. The first-order valence-electron chi connectivity index (χ1n) is 4.73. The average molecular weight is 235 g/mol. The Morgan fingerprint density at radius 1 is 1.44 bits per heavy atom. The first-order chi connectivity index (χ1) is 7.59. The molecule has 82 valence electrons. The summed E-state index contributed by atoms with van der Waals surface area (Å²) in [6.45, 7) is 1.59. The number of nitrogens with two attached hydrogens (primary N) is 1. The van der Waals surface area contributed by atoms with Gasteiger partial charge in [-0.15, -0.1) is 11.3 Å². The molecule has 0 aliphatic rings. The van der Waals surface area contributed by atoms with Gasteiger partial charge in [-0.1, -0.05) is 6.07 Å². The standard InChI is InChI=1S/C12H10FNOS/c1-7-9(13)5-8(6-10(7)14)12(15)11-3-2-4-16-11/h2-6H,14H2,1H3. The zero-order chi connectivity index (χ0) is 11.7. The number of carbonyl (C=O) groups is 1. The molecule has 0 atom stereocenters. The van der Waals surface area contributed by atoms with Crippen molar-refractivity contribution in [3.8, 4) is 0 Å². The Hall–Kier alpha value is -1.68. The van der Waals surface area contributed by atoms with Gasteiger partial charge in [0.25, 0.3) is 0 Å². The van der Waals surface area contributed by atoms with E-state index in [9.17, 15) is 9.18 Å². The van der Waals surface area contributed by atoms with Gasteiger partial charge in [0.1, 0.15) is 5.82 Å². The molecule has 0 fully saturated rings. The lowest BCUT2D eigenvalue weighted by molar-refractivity contribution is 0.104. The Morgan fingerprint density at radius 2 is 2.19 bits per heavy atom. The highest BCUT2D eigenvalue weighted by Crippen LogP contribution is 2.21. The van der Waals surface area contributed by atoms with Crippen molar-refractivity contribution >= 4 is 22.8 Å². The van der Waals surface area contributed by atoms with Crippen LogP contribution >= 0.6 is 11.3 Å². The Bertz CT molecular complexity index is 511. The predicted octanol–water partition coefficient (Wildman–Crippen LogP) is 3.01. The summed E-state index contributed by atoms with van der Waals surface area (Å²) in [6.07, 6.45) is 0. The molecule has 1 aromatic heterocycles. The van der Waals surface area contributed by atoms with E-state index in [2.05, 4.69) is 0 Å². The summed E-state index contributed by atoms with van der Waals surface area (Å²) < 4.78 is 13.4. The highest BCUT2D eigenvalue weighted by molar-refractivity contribution is 7.12. The summed E-state index contributed by atoms with van der Waals surface area (Å²) in [6, 6.07) is 6.24. The van der Waals surface area contributed by atoms with Crippen molar-refractivity contribution in [2.45, 2.75) is 6.92 Å². The maximum absolute atomic E-state index is 13.4. The van der Waals surface area contributed by atoms with Gasteiger partial charge in [-0.2, -0.15) is 0 Å². The fraction of sp³-hybridized carbons (Fsp3) is 0.0833. The molecular formula is C12H10FNOS. The molecule has 0 saturated carbocycles. The molecule has 0 radical (unpaired) electrons. The van der Waals surface area contributed by atoms with Crippen molar-refractivity contribution < 1.29 is 9.18 Å². The largest absolute Gasteiger partial charge is 0.398 e. The van der Waals surface area contributed by atoms with Gasteiger partial charge in [0.15, 0.2) is 0 Å². The van der Waals surface area contributed by atoms with Crippen LogP contribution in [0.3, 0.4) is 0 Å². The molecule has 0 bridgehead atoms. The van der Waals surface area contributed by atoms with Crippen molar-refractivity contribution in [2.24, 2.45) is 0 Å². The third-order valence-electron chi connectivity index (χ3n) is 2.39. The van der Waals surface area contributed by atoms with Crippen LogP contribution in [0.5, 0.6) is 0 Å². The number of rotatable bonds is 2. The van der Waals surface area contributed by atoms with Crippen molar-refractivity contribution in [3.63, 3.8) is 0 Å². The van der Waals surface area contributed by atoms with E-state index in [0.29, 0.717) is 21.7 Å². The fourth-order valence-electron chi connectivity index (χ4n) is 1.38. The van der Waals surface area contributed by atoms with Crippen molar-refractivity contribution in [1.82, 2.24) is 0 Å². The molecule has 16 heavy (non-hydrogen) atoms. The van der Waals surface area contributed by atoms with E-state index in [1.807, 2.05) is 0 Å². The van der Waals surface area contributed by atoms with E-state index >= 15 is 0 Å². The van der Waals surface area contributed by atoms with E-state index in [-0.39, 0.29) is 5.78 Å². The number of benzene rings is 1. The maximum Gasteiger partial charge on any atom is 0.203 e. The lowest BCUT2D eigenvalue weighted by Gasteiger charge is -2.04. The van der Waals surface area contributed by atoms with Crippen molar-refractivity contribution in [2.75, 3.05) is 5.73 Å². The van der Waals surface area contributed by atoms with Crippen LogP contribution < -0.4 is 5.73 Å². The molecule has 2 N–H and O–H groups in total. The lowest BCUT2D eigenvalue weighted by Crippen LogP contribution is -2.03. The van der Waals surface area contributed by atoms with Gasteiger partial charge in [-0.3, -0.25) is 4.79 Å². The Labute approximate surface area is 96.5 Å². The molecule has 2 aromatic rings. The normalized spacial score (nSPS) is 10.4. The zero-order valence-electron chi connectivity index (χ0n) is 8.66. The summed E-state index contributed by atoms with van der Waals surface area (Å²) in [5, 5.41) is 1.81. The fourth-order valence-corrected chi connectivity index (χ4v) is 2.07. The van der Waals surface area contributed by atoms with Gasteiger partial charge in [-0.05, 0) is 30.5 Å². The van der Waals surface area contributed by atoms with Gasteiger partial charge < -0.3 is 5.73 Å².